The highest BCUT2D eigenvalue weighted by Gasteiger charge is 2.26. The van der Waals surface area contributed by atoms with Gasteiger partial charge in [-0.2, -0.15) is 5.26 Å². The number of fused-ring (bicyclic) bond motifs is 2. The van der Waals surface area contributed by atoms with Crippen molar-refractivity contribution in [3.63, 3.8) is 0 Å². The smallest absolute Gasteiger partial charge is 0.251 e. The fourth-order valence-electron chi connectivity index (χ4n) is 4.36. The summed E-state index contributed by atoms with van der Waals surface area (Å²) in [7, 11) is 0. The number of aliphatic hydroxyl groups is 1. The molecule has 0 unspecified atom stereocenters. The molecule has 12 heteroatoms. The van der Waals surface area contributed by atoms with Gasteiger partial charge in [0.1, 0.15) is 12.2 Å². The molecule has 0 aromatic heterocycles. The lowest BCUT2D eigenvalue weighted by Gasteiger charge is -2.33. The molecule has 0 spiro atoms. The van der Waals surface area contributed by atoms with E-state index in [1.54, 1.807) is 23.4 Å². The summed E-state index contributed by atoms with van der Waals surface area (Å²) in [6, 6.07) is 5.60. The van der Waals surface area contributed by atoms with Gasteiger partial charge in [-0.1, -0.05) is 0 Å². The van der Waals surface area contributed by atoms with E-state index < -0.39 is 6.10 Å². The van der Waals surface area contributed by atoms with Crippen LogP contribution in [0.25, 0.3) is 11.5 Å². The summed E-state index contributed by atoms with van der Waals surface area (Å²) < 4.78 is 12.7. The number of hydrogen-bond donors (Lipinski definition) is 2. The molecule has 5 rings (SSSR count). The van der Waals surface area contributed by atoms with E-state index >= 15 is 0 Å². The van der Waals surface area contributed by atoms with Crippen LogP contribution in [0.1, 0.15) is 31.7 Å². The summed E-state index contributed by atoms with van der Waals surface area (Å²) in [4.78, 5) is 27.9. The molecular weight excluding hydrogens is 470 g/mol. The van der Waals surface area contributed by atoms with E-state index in [1.165, 1.54) is 18.7 Å². The van der Waals surface area contributed by atoms with Crippen LogP contribution in [-0.2, 0) is 11.3 Å². The molecule has 35 heavy (non-hydrogen) atoms. The van der Waals surface area contributed by atoms with Gasteiger partial charge in [-0.25, -0.2) is 15.0 Å². The molecule has 0 saturated carbocycles. The molecular formula is C23H25N7O4S. The van der Waals surface area contributed by atoms with Crippen LogP contribution in [-0.4, -0.2) is 61.4 Å². The average molecular weight is 496 g/mol. The normalized spacial score (nSPS) is 16.4. The quantitative estimate of drug-likeness (QED) is 0.520. The van der Waals surface area contributed by atoms with Gasteiger partial charge in [0.25, 0.3) is 5.91 Å². The zero-order chi connectivity index (χ0) is 24.5. The van der Waals surface area contributed by atoms with E-state index in [9.17, 15) is 15.2 Å². The number of aromatic nitrogens is 4. The molecule has 4 aliphatic heterocycles. The van der Waals surface area contributed by atoms with Crippen molar-refractivity contribution in [2.45, 2.75) is 48.9 Å². The van der Waals surface area contributed by atoms with Crippen molar-refractivity contribution < 1.29 is 19.4 Å². The van der Waals surface area contributed by atoms with Crippen LogP contribution in [0, 0.1) is 17.2 Å². The number of likely N-dealkylation sites (tertiary alicyclic amines) is 1. The molecule has 1 atom stereocenters. The van der Waals surface area contributed by atoms with E-state index in [0.717, 1.165) is 19.3 Å². The number of aliphatic hydroxyl groups excluding tert-OH is 1. The largest absolute Gasteiger partial charge is 0.454 e. The third-order valence-corrected chi connectivity index (χ3v) is 7.25. The number of carbonyl (C=O) groups excluding carboxylic acids is 1. The summed E-state index contributed by atoms with van der Waals surface area (Å²) in [6.07, 6.45) is 3.40. The topological polar surface area (TPSA) is 152 Å². The molecule has 0 radical (unpaired) electrons. The second-order valence-corrected chi connectivity index (χ2v) is 9.66. The van der Waals surface area contributed by atoms with E-state index in [2.05, 4.69) is 21.0 Å². The average Bonchev–Trinajstić information content (AvgIpc) is 3.50. The van der Waals surface area contributed by atoms with Crippen molar-refractivity contribution in [1.29, 1.82) is 5.26 Å². The number of nitrogens with zero attached hydrogens (tertiary/aromatic N) is 6. The second kappa shape index (κ2) is 9.59. The first-order valence-electron chi connectivity index (χ1n) is 11.4. The Morgan fingerprint density at radius 3 is 2.77 bits per heavy atom. The fourth-order valence-corrected chi connectivity index (χ4v) is 5.21. The molecule has 4 heterocycles. The highest BCUT2D eigenvalue weighted by atomic mass is 32.2. The van der Waals surface area contributed by atoms with Gasteiger partial charge < -0.3 is 29.8 Å². The lowest BCUT2D eigenvalue weighted by molar-refractivity contribution is -0.140. The lowest BCUT2D eigenvalue weighted by Crippen LogP contribution is -2.43. The van der Waals surface area contributed by atoms with Crippen LogP contribution in [0.3, 0.4) is 0 Å². The minimum Gasteiger partial charge on any atom is -0.454 e. The summed E-state index contributed by atoms with van der Waals surface area (Å²) in [5.74, 6) is 2.32. The highest BCUT2D eigenvalue weighted by Crippen LogP contribution is 2.41. The molecule has 1 aromatic carbocycles. The molecule has 1 fully saturated rings. The molecule has 182 valence electrons. The van der Waals surface area contributed by atoms with Crippen molar-refractivity contribution in [1.82, 2.24) is 24.4 Å². The SMILES string of the molecule is C[C@H](O)C(=O)N1CCC(CCn2cnc(N)c3nc(Sc4cc5c(cc4C#N)OCO5)nc2-3)CC1. The number of nitrogen functional groups attached to an aromatic ring is 1. The van der Waals surface area contributed by atoms with Crippen LogP contribution < -0.4 is 15.2 Å². The molecule has 4 aliphatic rings. The van der Waals surface area contributed by atoms with Gasteiger partial charge in [-0.15, -0.1) is 0 Å². The first-order valence-corrected chi connectivity index (χ1v) is 12.2. The van der Waals surface area contributed by atoms with E-state index in [4.69, 9.17) is 15.2 Å². The number of ether oxygens (including phenoxy) is 2. The van der Waals surface area contributed by atoms with E-state index in [1.807, 2.05) is 4.57 Å². The lowest BCUT2D eigenvalue weighted by atomic mass is 9.93. The van der Waals surface area contributed by atoms with Crippen LogP contribution in [0.15, 0.2) is 28.5 Å². The summed E-state index contributed by atoms with van der Waals surface area (Å²) in [6.45, 7) is 3.63. The van der Waals surface area contributed by atoms with Crippen LogP contribution in [0.2, 0.25) is 0 Å². The Bertz CT molecular complexity index is 1260. The minimum absolute atomic E-state index is 0.128. The fraction of sp³-hybridized carbons (Fsp3) is 0.435. The number of piperidine rings is 1. The Kier molecular flexibility index (Phi) is 6.36. The number of carbonyl (C=O) groups is 1. The van der Waals surface area contributed by atoms with Crippen molar-refractivity contribution in [2.24, 2.45) is 5.92 Å². The summed E-state index contributed by atoms with van der Waals surface area (Å²) in [5.41, 5.74) is 7.06. The van der Waals surface area contributed by atoms with Crippen molar-refractivity contribution in [2.75, 3.05) is 25.6 Å². The van der Waals surface area contributed by atoms with Gasteiger partial charge in [0, 0.05) is 30.6 Å². The minimum atomic E-state index is -0.957. The van der Waals surface area contributed by atoms with Crippen molar-refractivity contribution >= 4 is 23.5 Å². The molecule has 3 N–H and O–H groups in total. The van der Waals surface area contributed by atoms with Gasteiger partial charge >= 0.3 is 0 Å². The number of nitrogens with two attached hydrogens (primary N) is 1. The Balaban J connectivity index is 1.30. The number of nitriles is 1. The molecule has 0 bridgehead atoms. The van der Waals surface area contributed by atoms with Gasteiger partial charge in [-0.3, -0.25) is 4.79 Å². The van der Waals surface area contributed by atoms with Gasteiger partial charge in [-0.05, 0) is 49.9 Å². The first kappa shape index (κ1) is 23.2. The molecule has 0 aliphatic carbocycles. The standard InChI is InChI=1S/C23H25N7O4S/c1-13(31)22(32)29-5-2-14(3-6-29)4-7-30-11-26-20(25)19-21(30)28-23(27-19)35-18-9-17-16(33-12-34-17)8-15(18)10-24/h8-9,11,13-14,31H,2-7,12,25H2,1H3/t13-/m0/s1. The third-order valence-electron chi connectivity index (χ3n) is 6.33. The van der Waals surface area contributed by atoms with Crippen LogP contribution >= 0.6 is 11.8 Å². The van der Waals surface area contributed by atoms with Crippen LogP contribution in [0.4, 0.5) is 5.82 Å². The second-order valence-electron chi connectivity index (χ2n) is 8.65. The molecule has 1 saturated heterocycles. The predicted octanol–water partition coefficient (Wildman–Crippen LogP) is 2.12. The van der Waals surface area contributed by atoms with E-state index in [-0.39, 0.29) is 12.7 Å². The Hall–Kier alpha value is -3.56. The maximum atomic E-state index is 12.0. The maximum Gasteiger partial charge on any atom is 0.251 e. The Labute approximate surface area is 206 Å². The predicted molar refractivity (Wildman–Crippen MR) is 126 cm³/mol. The molecule has 1 amide bonds. The number of aryl methyl sites for hydroxylation is 1. The van der Waals surface area contributed by atoms with Gasteiger partial charge in [0.05, 0.1) is 11.9 Å². The van der Waals surface area contributed by atoms with Gasteiger partial charge in [0.15, 0.2) is 34.0 Å². The third kappa shape index (κ3) is 4.69. The number of amides is 1. The van der Waals surface area contributed by atoms with Gasteiger partial charge in [0.2, 0.25) is 6.79 Å². The summed E-state index contributed by atoms with van der Waals surface area (Å²) in [5, 5.41) is 19.5. The maximum absolute atomic E-state index is 12.0. The Morgan fingerprint density at radius 2 is 2.06 bits per heavy atom. The monoisotopic (exact) mass is 495 g/mol. The zero-order valence-corrected chi connectivity index (χ0v) is 20.0. The number of rotatable bonds is 6. The molecule has 11 nitrogen and oxygen atoms in total. The van der Waals surface area contributed by atoms with Crippen molar-refractivity contribution in [3.05, 3.63) is 24.0 Å². The number of imidazole rings is 1. The Morgan fingerprint density at radius 1 is 1.31 bits per heavy atom. The van der Waals surface area contributed by atoms with Crippen LogP contribution in [0.5, 0.6) is 11.5 Å². The number of benzene rings is 1. The summed E-state index contributed by atoms with van der Waals surface area (Å²) >= 11 is 1.26. The highest BCUT2D eigenvalue weighted by molar-refractivity contribution is 7.99. The van der Waals surface area contributed by atoms with E-state index in [0.29, 0.717) is 70.0 Å². The zero-order valence-electron chi connectivity index (χ0n) is 19.2. The number of hydrogen-bond acceptors (Lipinski definition) is 10. The van der Waals surface area contributed by atoms with Crippen molar-refractivity contribution in [3.8, 4) is 29.1 Å². The first-order chi connectivity index (χ1) is 16.9. The molecule has 1 aromatic rings. The number of anilines is 1.